The van der Waals surface area contributed by atoms with E-state index in [2.05, 4.69) is 0 Å². The van der Waals surface area contributed by atoms with E-state index in [1.807, 2.05) is 25.8 Å². The fourth-order valence-electron chi connectivity index (χ4n) is 1.41. The van der Waals surface area contributed by atoms with Crippen LogP contribution in [0.25, 0.3) is 0 Å². The van der Waals surface area contributed by atoms with E-state index in [4.69, 9.17) is 0 Å². The maximum atomic E-state index is 12.7. The minimum Gasteiger partial charge on any atom is -0.365 e. The maximum absolute atomic E-state index is 12.7. The molecule has 0 amide bonds. The van der Waals surface area contributed by atoms with E-state index in [0.29, 0.717) is 6.42 Å². The van der Waals surface area contributed by atoms with Crippen LogP contribution in [0.1, 0.15) is 20.3 Å². The van der Waals surface area contributed by atoms with Gasteiger partial charge in [0.2, 0.25) is 0 Å². The third kappa shape index (κ3) is 2.78. The monoisotopic (exact) mass is 209 g/mol. The van der Waals surface area contributed by atoms with Gasteiger partial charge in [0, 0.05) is 19.2 Å². The van der Waals surface area contributed by atoms with E-state index < -0.39 is 0 Å². The van der Waals surface area contributed by atoms with E-state index >= 15 is 0 Å². The van der Waals surface area contributed by atoms with Crippen LogP contribution in [0.5, 0.6) is 0 Å². The second kappa shape index (κ2) is 4.91. The topological polar surface area (TPSA) is 20.3 Å². The summed E-state index contributed by atoms with van der Waals surface area (Å²) >= 11 is 0. The molecule has 3 heteroatoms. The molecule has 0 aromatic heterocycles. The van der Waals surface area contributed by atoms with Gasteiger partial charge in [-0.05, 0) is 31.2 Å². The lowest BCUT2D eigenvalue weighted by molar-refractivity contribution is -0.119. The Hall–Kier alpha value is -1.38. The van der Waals surface area contributed by atoms with E-state index in [-0.39, 0.29) is 17.6 Å². The van der Waals surface area contributed by atoms with Crippen molar-refractivity contribution in [1.29, 1.82) is 0 Å². The molecule has 0 N–H and O–H groups in total. The van der Waals surface area contributed by atoms with Gasteiger partial charge in [0.25, 0.3) is 0 Å². The number of likely N-dealkylation sites (N-methyl/N-ethyl adjacent to an activating group) is 1. The van der Waals surface area contributed by atoms with Gasteiger partial charge in [-0.15, -0.1) is 0 Å². The van der Waals surface area contributed by atoms with E-state index in [9.17, 15) is 9.18 Å². The highest BCUT2D eigenvalue weighted by atomic mass is 19.1. The molecule has 0 radical (unpaired) electrons. The SMILES string of the molecule is CCC(=O)C(C)N(C)c1ccc(F)cc1. The molecule has 0 saturated carbocycles. The number of carbonyl (C=O) groups is 1. The number of Topliss-reactive ketones (excluding diaryl/α,β-unsaturated/α-hetero) is 1. The third-order valence-electron chi connectivity index (χ3n) is 2.63. The summed E-state index contributed by atoms with van der Waals surface area (Å²) in [5, 5.41) is 0. The number of hydrogen-bond donors (Lipinski definition) is 0. The fraction of sp³-hybridized carbons (Fsp3) is 0.417. The molecule has 1 atom stereocenters. The van der Waals surface area contributed by atoms with Crippen LogP contribution in [0.3, 0.4) is 0 Å². The van der Waals surface area contributed by atoms with Crippen molar-refractivity contribution in [2.45, 2.75) is 26.3 Å². The standard InChI is InChI=1S/C12H16FNO/c1-4-12(15)9(2)14(3)11-7-5-10(13)6-8-11/h5-9H,4H2,1-3H3. The van der Waals surface area contributed by atoms with Crippen LogP contribution < -0.4 is 4.90 Å². The summed E-state index contributed by atoms with van der Waals surface area (Å²) in [7, 11) is 1.84. The number of hydrogen-bond acceptors (Lipinski definition) is 2. The highest BCUT2D eigenvalue weighted by molar-refractivity contribution is 5.86. The number of anilines is 1. The second-order valence-corrected chi connectivity index (χ2v) is 3.58. The zero-order valence-electron chi connectivity index (χ0n) is 9.33. The zero-order chi connectivity index (χ0) is 11.4. The van der Waals surface area contributed by atoms with Crippen LogP contribution in [-0.2, 0) is 4.79 Å². The Bertz CT molecular complexity index is 334. The van der Waals surface area contributed by atoms with Crippen molar-refractivity contribution in [2.24, 2.45) is 0 Å². The highest BCUT2D eigenvalue weighted by Gasteiger charge is 2.16. The molecule has 2 nitrogen and oxygen atoms in total. The van der Waals surface area contributed by atoms with Gasteiger partial charge in [0.15, 0.2) is 5.78 Å². The molecule has 1 rings (SSSR count). The summed E-state index contributed by atoms with van der Waals surface area (Å²) < 4.78 is 12.7. The molecular formula is C12H16FNO. The molecule has 0 heterocycles. The quantitative estimate of drug-likeness (QED) is 0.759. The number of rotatable bonds is 4. The summed E-state index contributed by atoms with van der Waals surface area (Å²) in [6, 6.07) is 5.98. The van der Waals surface area contributed by atoms with Crippen LogP contribution in [0.2, 0.25) is 0 Å². The normalized spacial score (nSPS) is 12.3. The molecule has 0 fully saturated rings. The second-order valence-electron chi connectivity index (χ2n) is 3.58. The summed E-state index contributed by atoms with van der Waals surface area (Å²) in [5.74, 6) is -0.0801. The first-order valence-corrected chi connectivity index (χ1v) is 5.07. The number of carbonyl (C=O) groups excluding carboxylic acids is 1. The summed E-state index contributed by atoms with van der Waals surface area (Å²) in [4.78, 5) is 13.3. The Morgan fingerprint density at radius 1 is 1.40 bits per heavy atom. The first kappa shape index (κ1) is 11.7. The van der Waals surface area contributed by atoms with Crippen molar-refractivity contribution in [3.05, 3.63) is 30.1 Å². The van der Waals surface area contributed by atoms with E-state index in [1.54, 1.807) is 12.1 Å². The minimum atomic E-state index is -0.262. The third-order valence-corrected chi connectivity index (χ3v) is 2.63. The number of ketones is 1. The highest BCUT2D eigenvalue weighted by Crippen LogP contribution is 2.16. The van der Waals surface area contributed by atoms with E-state index in [1.165, 1.54) is 12.1 Å². The van der Waals surface area contributed by atoms with Gasteiger partial charge in [-0.2, -0.15) is 0 Å². The average Bonchev–Trinajstić information content (AvgIpc) is 2.27. The fourth-order valence-corrected chi connectivity index (χ4v) is 1.41. The Kier molecular flexibility index (Phi) is 3.83. The number of halogens is 1. The van der Waals surface area contributed by atoms with Crippen LogP contribution in [0.4, 0.5) is 10.1 Å². The molecule has 1 aromatic rings. The molecule has 82 valence electrons. The smallest absolute Gasteiger partial charge is 0.154 e. The van der Waals surface area contributed by atoms with Crippen molar-refractivity contribution in [3.63, 3.8) is 0 Å². The molecule has 0 saturated heterocycles. The molecule has 0 aliphatic carbocycles. The molecular weight excluding hydrogens is 193 g/mol. The Labute approximate surface area is 89.7 Å². The van der Waals surface area contributed by atoms with Crippen molar-refractivity contribution in [2.75, 3.05) is 11.9 Å². The van der Waals surface area contributed by atoms with Crippen molar-refractivity contribution >= 4 is 11.5 Å². The van der Waals surface area contributed by atoms with Gasteiger partial charge < -0.3 is 4.90 Å². The molecule has 0 aliphatic rings. The summed E-state index contributed by atoms with van der Waals surface area (Å²) in [6.07, 6.45) is 0.521. The predicted molar refractivity (Wildman–Crippen MR) is 59.6 cm³/mol. The van der Waals surface area contributed by atoms with Gasteiger partial charge in [-0.3, -0.25) is 4.79 Å². The largest absolute Gasteiger partial charge is 0.365 e. The molecule has 0 bridgehead atoms. The first-order chi connectivity index (χ1) is 7.06. The van der Waals surface area contributed by atoms with Gasteiger partial charge in [0.05, 0.1) is 6.04 Å². The minimum absolute atomic E-state index is 0.166. The molecule has 1 unspecified atom stereocenters. The van der Waals surface area contributed by atoms with Gasteiger partial charge >= 0.3 is 0 Å². The molecule has 0 spiro atoms. The van der Waals surface area contributed by atoms with Crippen molar-refractivity contribution < 1.29 is 9.18 Å². The average molecular weight is 209 g/mol. The Morgan fingerprint density at radius 2 is 1.93 bits per heavy atom. The van der Waals surface area contributed by atoms with Crippen LogP contribution in [0, 0.1) is 5.82 Å². The van der Waals surface area contributed by atoms with Gasteiger partial charge in [-0.25, -0.2) is 4.39 Å². The first-order valence-electron chi connectivity index (χ1n) is 5.07. The molecule has 0 aliphatic heterocycles. The predicted octanol–water partition coefficient (Wildman–Crippen LogP) is 2.63. The Morgan fingerprint density at radius 3 is 2.40 bits per heavy atom. The van der Waals surface area contributed by atoms with Crippen LogP contribution in [0.15, 0.2) is 24.3 Å². The lowest BCUT2D eigenvalue weighted by atomic mass is 10.1. The van der Waals surface area contributed by atoms with Crippen LogP contribution in [-0.4, -0.2) is 18.9 Å². The van der Waals surface area contributed by atoms with E-state index in [0.717, 1.165) is 5.69 Å². The lowest BCUT2D eigenvalue weighted by Gasteiger charge is -2.25. The van der Waals surface area contributed by atoms with Crippen molar-refractivity contribution in [3.8, 4) is 0 Å². The van der Waals surface area contributed by atoms with Crippen molar-refractivity contribution in [1.82, 2.24) is 0 Å². The molecule has 1 aromatic carbocycles. The summed E-state index contributed by atoms with van der Waals surface area (Å²) in [6.45, 7) is 3.70. The van der Waals surface area contributed by atoms with Gasteiger partial charge in [0.1, 0.15) is 5.82 Å². The van der Waals surface area contributed by atoms with Gasteiger partial charge in [-0.1, -0.05) is 6.92 Å². The lowest BCUT2D eigenvalue weighted by Crippen LogP contribution is -2.35. The number of benzene rings is 1. The Balaban J connectivity index is 2.80. The maximum Gasteiger partial charge on any atom is 0.154 e. The number of nitrogens with zero attached hydrogens (tertiary/aromatic N) is 1. The summed E-state index contributed by atoms with van der Waals surface area (Å²) in [5.41, 5.74) is 0.853. The zero-order valence-corrected chi connectivity index (χ0v) is 9.33. The molecule has 15 heavy (non-hydrogen) atoms. The van der Waals surface area contributed by atoms with Crippen LogP contribution >= 0.6 is 0 Å².